The van der Waals surface area contributed by atoms with Crippen LogP contribution >= 0.6 is 0 Å². The van der Waals surface area contributed by atoms with Crippen molar-refractivity contribution in [2.24, 2.45) is 0 Å². The Kier molecular flexibility index (Phi) is 6.70. The number of halogens is 5. The number of alkyl halides is 5. The van der Waals surface area contributed by atoms with Crippen molar-refractivity contribution in [1.82, 2.24) is 15.3 Å². The molecule has 0 aliphatic heterocycles. The minimum atomic E-state index is -4.85. The zero-order valence-corrected chi connectivity index (χ0v) is 17.3. The molecule has 7 nitrogen and oxygen atoms in total. The summed E-state index contributed by atoms with van der Waals surface area (Å²) in [4.78, 5) is 21.1. The molecule has 1 aliphatic carbocycles. The summed E-state index contributed by atoms with van der Waals surface area (Å²) in [6, 6.07) is 4.01. The second-order valence-electron chi connectivity index (χ2n) is 7.57. The number of nitrogens with one attached hydrogen (secondary N) is 2. The maximum absolute atomic E-state index is 14.2. The molecule has 2 aromatic heterocycles. The summed E-state index contributed by atoms with van der Waals surface area (Å²) in [5.74, 6) is -3.43. The first kappa shape index (κ1) is 23.5. The SMILES string of the molecule is CC(=O)N[C@@H]1C[C@@H](Nc2ncccc2N(C)c2cc(OC(F)(F)F)ccn2)CC(F)(F)C1. The summed E-state index contributed by atoms with van der Waals surface area (Å²) in [7, 11) is 1.55. The molecule has 174 valence electrons. The standard InChI is InChI=1S/C20H22F5N5O2/c1-12(31)28-13-8-14(11-19(21,22)10-13)29-18-16(4-3-6-27-18)30(2)17-9-15(5-7-26-17)32-20(23,24)25/h3-7,9,13-14H,8,10-11H2,1-2H3,(H,27,29)(H,28,31)/t13-,14-/m1/s1. The van der Waals surface area contributed by atoms with Gasteiger partial charge in [-0.3, -0.25) is 4.79 Å². The molecule has 1 saturated carbocycles. The fourth-order valence-corrected chi connectivity index (χ4v) is 3.70. The number of aromatic nitrogens is 2. The van der Waals surface area contributed by atoms with Gasteiger partial charge >= 0.3 is 6.36 Å². The molecule has 1 amide bonds. The van der Waals surface area contributed by atoms with Crippen molar-refractivity contribution in [1.29, 1.82) is 0 Å². The quantitative estimate of drug-likeness (QED) is 0.629. The van der Waals surface area contributed by atoms with Crippen LogP contribution in [0.2, 0.25) is 0 Å². The molecule has 2 heterocycles. The molecule has 12 heteroatoms. The summed E-state index contributed by atoms with van der Waals surface area (Å²) in [6.45, 7) is 1.27. The number of ether oxygens (including phenoxy) is 1. The third kappa shape index (κ3) is 6.41. The minimum absolute atomic E-state index is 0.132. The Balaban J connectivity index is 1.81. The summed E-state index contributed by atoms with van der Waals surface area (Å²) in [5, 5.41) is 5.52. The number of carbonyl (C=O) groups is 1. The second kappa shape index (κ2) is 9.13. The number of nitrogens with zero attached hydrogens (tertiary/aromatic N) is 3. The van der Waals surface area contributed by atoms with Crippen molar-refractivity contribution < 1.29 is 31.5 Å². The van der Waals surface area contributed by atoms with Gasteiger partial charge in [0.05, 0.1) is 5.69 Å². The maximum atomic E-state index is 14.2. The van der Waals surface area contributed by atoms with E-state index in [0.717, 1.165) is 18.3 Å². The monoisotopic (exact) mass is 459 g/mol. The van der Waals surface area contributed by atoms with E-state index >= 15 is 0 Å². The van der Waals surface area contributed by atoms with Gasteiger partial charge in [-0.15, -0.1) is 13.2 Å². The number of hydrogen-bond donors (Lipinski definition) is 2. The van der Waals surface area contributed by atoms with Gasteiger partial charge in [-0.05, 0) is 24.6 Å². The van der Waals surface area contributed by atoms with Crippen LogP contribution in [0.4, 0.5) is 39.3 Å². The van der Waals surface area contributed by atoms with Gasteiger partial charge in [-0.25, -0.2) is 18.7 Å². The molecule has 3 rings (SSSR count). The first-order chi connectivity index (χ1) is 14.9. The minimum Gasteiger partial charge on any atom is -0.406 e. The van der Waals surface area contributed by atoms with Gasteiger partial charge in [0, 0.05) is 57.4 Å². The third-order valence-electron chi connectivity index (χ3n) is 4.85. The molecule has 0 saturated heterocycles. The molecule has 2 aromatic rings. The fraction of sp³-hybridized carbons (Fsp3) is 0.450. The van der Waals surface area contributed by atoms with E-state index in [2.05, 4.69) is 25.3 Å². The van der Waals surface area contributed by atoms with E-state index < -0.39 is 48.9 Å². The highest BCUT2D eigenvalue weighted by Crippen LogP contribution is 2.37. The predicted molar refractivity (Wildman–Crippen MR) is 107 cm³/mol. The summed E-state index contributed by atoms with van der Waals surface area (Å²) in [5.41, 5.74) is 0.411. The molecule has 0 aromatic carbocycles. The summed E-state index contributed by atoms with van der Waals surface area (Å²) >= 11 is 0. The van der Waals surface area contributed by atoms with Crippen molar-refractivity contribution in [3.8, 4) is 5.75 Å². The Hall–Kier alpha value is -3.18. The van der Waals surface area contributed by atoms with Crippen LogP contribution in [0.15, 0.2) is 36.7 Å². The lowest BCUT2D eigenvalue weighted by atomic mass is 9.88. The first-order valence-electron chi connectivity index (χ1n) is 9.74. The fourth-order valence-electron chi connectivity index (χ4n) is 3.70. The van der Waals surface area contributed by atoms with Crippen molar-refractivity contribution in [2.75, 3.05) is 17.3 Å². The van der Waals surface area contributed by atoms with Gasteiger partial charge in [0.2, 0.25) is 5.91 Å². The smallest absolute Gasteiger partial charge is 0.406 e. The Morgan fingerprint density at radius 2 is 1.91 bits per heavy atom. The predicted octanol–water partition coefficient (Wildman–Crippen LogP) is 4.25. The average Bonchev–Trinajstić information content (AvgIpc) is 2.65. The van der Waals surface area contributed by atoms with Crippen LogP contribution in [0.5, 0.6) is 5.75 Å². The van der Waals surface area contributed by atoms with Crippen LogP contribution < -0.4 is 20.3 Å². The average molecular weight is 459 g/mol. The Bertz CT molecular complexity index is 956. The largest absolute Gasteiger partial charge is 0.573 e. The zero-order chi connectivity index (χ0) is 23.5. The number of carbonyl (C=O) groups excluding carboxylic acids is 1. The van der Waals surface area contributed by atoms with E-state index in [1.807, 2.05) is 0 Å². The van der Waals surface area contributed by atoms with Crippen molar-refractivity contribution in [3.05, 3.63) is 36.7 Å². The number of amides is 1. The normalized spacial score (nSPS) is 20.3. The topological polar surface area (TPSA) is 79.4 Å². The first-order valence-corrected chi connectivity index (χ1v) is 9.74. The Morgan fingerprint density at radius 3 is 2.59 bits per heavy atom. The van der Waals surface area contributed by atoms with Crippen LogP contribution in [-0.4, -0.2) is 47.3 Å². The lowest BCUT2D eigenvalue weighted by molar-refractivity contribution is -0.274. The number of rotatable bonds is 6. The van der Waals surface area contributed by atoms with E-state index in [9.17, 15) is 26.7 Å². The van der Waals surface area contributed by atoms with Gasteiger partial charge in [-0.2, -0.15) is 0 Å². The number of hydrogen-bond acceptors (Lipinski definition) is 6. The molecule has 0 spiro atoms. The van der Waals surface area contributed by atoms with Gasteiger partial charge < -0.3 is 20.3 Å². The lowest BCUT2D eigenvalue weighted by Crippen LogP contribution is -2.48. The van der Waals surface area contributed by atoms with E-state index in [1.165, 1.54) is 18.0 Å². The molecule has 0 unspecified atom stereocenters. The second-order valence-corrected chi connectivity index (χ2v) is 7.57. The highest BCUT2D eigenvalue weighted by molar-refractivity contribution is 5.73. The zero-order valence-electron chi connectivity index (χ0n) is 17.3. The molecular formula is C20H22F5N5O2. The van der Waals surface area contributed by atoms with Crippen LogP contribution in [0.1, 0.15) is 26.2 Å². The molecule has 1 aliphatic rings. The van der Waals surface area contributed by atoms with Crippen LogP contribution in [0.3, 0.4) is 0 Å². The molecule has 2 N–H and O–H groups in total. The van der Waals surface area contributed by atoms with E-state index in [0.29, 0.717) is 5.69 Å². The molecule has 32 heavy (non-hydrogen) atoms. The number of anilines is 3. The van der Waals surface area contributed by atoms with E-state index in [1.54, 1.807) is 19.2 Å². The van der Waals surface area contributed by atoms with Gasteiger partial charge in [-0.1, -0.05) is 0 Å². The number of pyridine rings is 2. The van der Waals surface area contributed by atoms with Crippen molar-refractivity contribution >= 4 is 23.2 Å². The van der Waals surface area contributed by atoms with Crippen molar-refractivity contribution in [3.63, 3.8) is 0 Å². The molecule has 1 fully saturated rings. The van der Waals surface area contributed by atoms with Gasteiger partial charge in [0.25, 0.3) is 5.92 Å². The van der Waals surface area contributed by atoms with Gasteiger partial charge in [0.1, 0.15) is 17.4 Å². The van der Waals surface area contributed by atoms with E-state index in [-0.39, 0.29) is 18.1 Å². The van der Waals surface area contributed by atoms with Crippen molar-refractivity contribution in [2.45, 2.75) is 50.6 Å². The third-order valence-corrected chi connectivity index (χ3v) is 4.85. The van der Waals surface area contributed by atoms with Gasteiger partial charge in [0.15, 0.2) is 0 Å². The Morgan fingerprint density at radius 1 is 1.19 bits per heavy atom. The molecule has 0 radical (unpaired) electrons. The lowest BCUT2D eigenvalue weighted by Gasteiger charge is -2.36. The summed E-state index contributed by atoms with van der Waals surface area (Å²) in [6.07, 6.45) is -2.86. The van der Waals surface area contributed by atoms with E-state index in [4.69, 9.17) is 0 Å². The molecule has 0 bridgehead atoms. The van der Waals surface area contributed by atoms with Crippen LogP contribution in [-0.2, 0) is 4.79 Å². The summed E-state index contributed by atoms with van der Waals surface area (Å²) < 4.78 is 70.0. The van der Waals surface area contributed by atoms with Crippen LogP contribution in [0, 0.1) is 0 Å². The molecule has 2 atom stereocenters. The highest BCUT2D eigenvalue weighted by atomic mass is 19.4. The maximum Gasteiger partial charge on any atom is 0.573 e. The Labute approximate surface area is 181 Å². The van der Waals surface area contributed by atoms with Crippen LogP contribution in [0.25, 0.3) is 0 Å². The molecular weight excluding hydrogens is 437 g/mol. The highest BCUT2D eigenvalue weighted by Gasteiger charge is 2.42.